The van der Waals surface area contributed by atoms with Crippen molar-refractivity contribution in [3.05, 3.63) is 18.2 Å². The Morgan fingerprint density at radius 3 is 2.41 bits per heavy atom. The second kappa shape index (κ2) is 4.56. The molecule has 0 aromatic heterocycles. The molecule has 2 rings (SSSR count). The zero-order valence-electron chi connectivity index (χ0n) is 10.0. The second-order valence-electron chi connectivity index (χ2n) is 4.55. The predicted molar refractivity (Wildman–Crippen MR) is 70.0 cm³/mol. The highest BCUT2D eigenvalue weighted by atomic mass is 32.2. The van der Waals surface area contributed by atoms with Crippen LogP contribution in [0.5, 0.6) is 0 Å². The van der Waals surface area contributed by atoms with Crippen molar-refractivity contribution in [2.45, 2.75) is 24.2 Å². The van der Waals surface area contributed by atoms with Gasteiger partial charge in [-0.25, -0.2) is 8.42 Å². The lowest BCUT2D eigenvalue weighted by Gasteiger charge is -2.30. The maximum Gasteiger partial charge on any atom is 0.177 e. The van der Waals surface area contributed by atoms with E-state index in [2.05, 4.69) is 4.90 Å². The number of nitrogen functional groups attached to an aromatic ring is 1. The molecule has 1 aliphatic rings. The summed E-state index contributed by atoms with van der Waals surface area (Å²) in [5.74, 6) is 0. The number of sulfone groups is 1. The highest BCUT2D eigenvalue weighted by Crippen LogP contribution is 2.29. The van der Waals surface area contributed by atoms with Crippen LogP contribution in [0.1, 0.15) is 19.3 Å². The number of anilines is 2. The first-order chi connectivity index (χ1) is 7.98. The van der Waals surface area contributed by atoms with E-state index < -0.39 is 9.84 Å². The molecule has 0 bridgehead atoms. The first kappa shape index (κ1) is 12.2. The van der Waals surface area contributed by atoms with Crippen LogP contribution < -0.4 is 10.6 Å². The molecule has 0 unspecified atom stereocenters. The summed E-state index contributed by atoms with van der Waals surface area (Å²) in [7, 11) is -3.20. The van der Waals surface area contributed by atoms with Crippen LogP contribution in [0.4, 0.5) is 11.4 Å². The fourth-order valence-corrected chi connectivity index (χ4v) is 3.11. The molecule has 0 radical (unpaired) electrons. The molecule has 2 N–H and O–H groups in total. The standard InChI is InChI=1S/C12H18N2O2S/c1-17(15,16)12-6-5-10(13)9-11(12)14-7-3-2-4-8-14/h5-6,9H,2-4,7-8,13H2,1H3. The molecule has 1 aromatic carbocycles. The molecule has 5 heteroatoms. The number of piperidine rings is 1. The molecular formula is C12H18N2O2S. The summed E-state index contributed by atoms with van der Waals surface area (Å²) in [6.45, 7) is 1.82. The van der Waals surface area contributed by atoms with Gasteiger partial charge in [0.1, 0.15) is 0 Å². The van der Waals surface area contributed by atoms with E-state index in [1.807, 2.05) is 0 Å². The lowest BCUT2D eigenvalue weighted by atomic mass is 10.1. The Kier molecular flexibility index (Phi) is 3.28. The molecule has 0 aliphatic carbocycles. The van der Waals surface area contributed by atoms with E-state index in [9.17, 15) is 8.42 Å². The van der Waals surface area contributed by atoms with Crippen molar-refractivity contribution in [1.29, 1.82) is 0 Å². The maximum atomic E-state index is 11.7. The van der Waals surface area contributed by atoms with Crippen molar-refractivity contribution < 1.29 is 8.42 Å². The molecule has 0 spiro atoms. The van der Waals surface area contributed by atoms with Crippen LogP contribution in [0, 0.1) is 0 Å². The van der Waals surface area contributed by atoms with E-state index in [0.29, 0.717) is 10.6 Å². The molecule has 0 saturated carbocycles. The quantitative estimate of drug-likeness (QED) is 0.815. The molecular weight excluding hydrogens is 236 g/mol. The van der Waals surface area contributed by atoms with Crippen molar-refractivity contribution in [2.24, 2.45) is 0 Å². The molecule has 1 fully saturated rings. The van der Waals surface area contributed by atoms with Crippen LogP contribution in [0.15, 0.2) is 23.1 Å². The highest BCUT2D eigenvalue weighted by Gasteiger charge is 2.19. The minimum atomic E-state index is -3.20. The number of nitrogens with two attached hydrogens (primary N) is 1. The van der Waals surface area contributed by atoms with Crippen molar-refractivity contribution in [3.8, 4) is 0 Å². The van der Waals surface area contributed by atoms with Gasteiger partial charge in [0.15, 0.2) is 9.84 Å². The van der Waals surface area contributed by atoms with Gasteiger partial charge in [0.25, 0.3) is 0 Å². The van der Waals surface area contributed by atoms with Gasteiger partial charge in [-0.1, -0.05) is 0 Å². The Bertz CT molecular complexity index is 505. The Morgan fingerprint density at radius 1 is 1.18 bits per heavy atom. The van der Waals surface area contributed by atoms with Gasteiger partial charge in [0.05, 0.1) is 10.6 Å². The summed E-state index contributed by atoms with van der Waals surface area (Å²) in [6, 6.07) is 5.01. The molecule has 4 nitrogen and oxygen atoms in total. The minimum absolute atomic E-state index is 0.383. The molecule has 1 saturated heterocycles. The van der Waals surface area contributed by atoms with E-state index in [1.54, 1.807) is 18.2 Å². The molecule has 1 heterocycles. The van der Waals surface area contributed by atoms with Crippen LogP contribution in [0.25, 0.3) is 0 Å². The van der Waals surface area contributed by atoms with E-state index in [1.165, 1.54) is 12.7 Å². The molecule has 1 aliphatic heterocycles. The summed E-state index contributed by atoms with van der Waals surface area (Å²) >= 11 is 0. The fraction of sp³-hybridized carbons (Fsp3) is 0.500. The zero-order valence-corrected chi connectivity index (χ0v) is 10.8. The Labute approximate surface area is 102 Å². The van der Waals surface area contributed by atoms with Crippen LogP contribution in [0.2, 0.25) is 0 Å². The van der Waals surface area contributed by atoms with Gasteiger partial charge in [-0.2, -0.15) is 0 Å². The van der Waals surface area contributed by atoms with Crippen molar-refractivity contribution in [1.82, 2.24) is 0 Å². The minimum Gasteiger partial charge on any atom is -0.399 e. The zero-order chi connectivity index (χ0) is 12.5. The number of rotatable bonds is 2. The molecule has 94 valence electrons. The summed E-state index contributed by atoms with van der Waals surface area (Å²) in [6.07, 6.45) is 4.68. The summed E-state index contributed by atoms with van der Waals surface area (Å²) < 4.78 is 23.5. The Hall–Kier alpha value is -1.23. The lowest BCUT2D eigenvalue weighted by Crippen LogP contribution is -2.30. The molecule has 1 aromatic rings. The summed E-state index contributed by atoms with van der Waals surface area (Å²) in [5, 5.41) is 0. The first-order valence-electron chi connectivity index (χ1n) is 5.83. The van der Waals surface area contributed by atoms with Crippen molar-refractivity contribution >= 4 is 21.2 Å². The maximum absolute atomic E-state index is 11.7. The van der Waals surface area contributed by atoms with Gasteiger partial charge >= 0.3 is 0 Å². The second-order valence-corrected chi connectivity index (χ2v) is 6.53. The van der Waals surface area contributed by atoms with E-state index >= 15 is 0 Å². The highest BCUT2D eigenvalue weighted by molar-refractivity contribution is 7.90. The topological polar surface area (TPSA) is 63.4 Å². The van der Waals surface area contributed by atoms with E-state index in [4.69, 9.17) is 5.73 Å². The summed E-state index contributed by atoms with van der Waals surface area (Å²) in [5.41, 5.74) is 7.12. The number of hydrogen-bond donors (Lipinski definition) is 1. The average Bonchev–Trinajstić information content (AvgIpc) is 2.28. The summed E-state index contributed by atoms with van der Waals surface area (Å²) in [4.78, 5) is 2.50. The number of benzene rings is 1. The number of hydrogen-bond acceptors (Lipinski definition) is 4. The van der Waals surface area contributed by atoms with Gasteiger partial charge in [-0.05, 0) is 37.5 Å². The van der Waals surface area contributed by atoms with Crippen LogP contribution >= 0.6 is 0 Å². The number of nitrogens with zero attached hydrogens (tertiary/aromatic N) is 1. The lowest BCUT2D eigenvalue weighted by molar-refractivity contribution is 0.572. The van der Waals surface area contributed by atoms with Crippen molar-refractivity contribution in [3.63, 3.8) is 0 Å². The SMILES string of the molecule is CS(=O)(=O)c1ccc(N)cc1N1CCCCC1. The van der Waals surface area contributed by atoms with Crippen LogP contribution in [-0.4, -0.2) is 27.8 Å². The van der Waals surface area contributed by atoms with Gasteiger partial charge in [0.2, 0.25) is 0 Å². The van der Waals surface area contributed by atoms with E-state index in [0.717, 1.165) is 31.6 Å². The third kappa shape index (κ3) is 2.72. The molecule has 0 amide bonds. The Morgan fingerprint density at radius 2 is 1.82 bits per heavy atom. The fourth-order valence-electron chi connectivity index (χ4n) is 2.23. The third-order valence-corrected chi connectivity index (χ3v) is 4.22. The van der Waals surface area contributed by atoms with Crippen LogP contribution in [0.3, 0.4) is 0 Å². The first-order valence-corrected chi connectivity index (χ1v) is 7.72. The predicted octanol–water partition coefficient (Wildman–Crippen LogP) is 1.66. The van der Waals surface area contributed by atoms with Gasteiger partial charge in [-0.3, -0.25) is 0 Å². The smallest absolute Gasteiger partial charge is 0.177 e. The van der Waals surface area contributed by atoms with Gasteiger partial charge in [-0.15, -0.1) is 0 Å². The van der Waals surface area contributed by atoms with Crippen LogP contribution in [-0.2, 0) is 9.84 Å². The average molecular weight is 254 g/mol. The monoisotopic (exact) mass is 254 g/mol. The normalized spacial score (nSPS) is 17.1. The molecule has 0 atom stereocenters. The largest absolute Gasteiger partial charge is 0.399 e. The molecule has 17 heavy (non-hydrogen) atoms. The van der Waals surface area contributed by atoms with Gasteiger partial charge in [0, 0.05) is 25.0 Å². The van der Waals surface area contributed by atoms with Gasteiger partial charge < -0.3 is 10.6 Å². The van der Waals surface area contributed by atoms with Crippen molar-refractivity contribution in [2.75, 3.05) is 30.0 Å². The third-order valence-electron chi connectivity index (χ3n) is 3.08. The van der Waals surface area contributed by atoms with E-state index in [-0.39, 0.29) is 0 Å². The Balaban J connectivity index is 2.46.